The number of aromatic nitrogens is 4. The summed E-state index contributed by atoms with van der Waals surface area (Å²) in [4.78, 5) is 8.91. The van der Waals surface area contributed by atoms with Gasteiger partial charge in [-0.1, -0.05) is 66.2 Å². The predicted molar refractivity (Wildman–Crippen MR) is 152 cm³/mol. The first kappa shape index (κ1) is 30.5. The smallest absolute Gasteiger partial charge is 0.158 e. The van der Waals surface area contributed by atoms with Gasteiger partial charge >= 0.3 is 0 Å². The van der Waals surface area contributed by atoms with Gasteiger partial charge in [0.15, 0.2) is 5.65 Å². The van der Waals surface area contributed by atoms with Gasteiger partial charge in [-0.2, -0.15) is 5.10 Å². The zero-order valence-electron chi connectivity index (χ0n) is 23.8. The van der Waals surface area contributed by atoms with Gasteiger partial charge in [-0.05, 0) is 82.4 Å². The Bertz CT molecular complexity index is 972. The molecule has 35 heavy (non-hydrogen) atoms. The molecule has 0 aliphatic heterocycles. The largest absolute Gasteiger partial charge is 0.264 e. The summed E-state index contributed by atoms with van der Waals surface area (Å²) >= 11 is 0. The Kier molecular flexibility index (Phi) is 14.9. The van der Waals surface area contributed by atoms with Crippen molar-refractivity contribution < 1.29 is 0 Å². The molecule has 3 aromatic rings. The lowest BCUT2D eigenvalue weighted by Crippen LogP contribution is -2.06. The van der Waals surface area contributed by atoms with Gasteiger partial charge in [0.1, 0.15) is 0 Å². The quantitative estimate of drug-likeness (QED) is 0.258. The second kappa shape index (κ2) is 17.0. The van der Waals surface area contributed by atoms with Crippen LogP contribution < -0.4 is 0 Å². The van der Waals surface area contributed by atoms with Crippen LogP contribution in [0.2, 0.25) is 0 Å². The van der Waals surface area contributed by atoms with Crippen molar-refractivity contribution in [1.82, 2.24) is 19.6 Å². The number of hydrogen-bond acceptors (Lipinski definition) is 3. The maximum absolute atomic E-state index is 4.95. The molecule has 0 aromatic carbocycles. The first-order valence-corrected chi connectivity index (χ1v) is 13.7. The summed E-state index contributed by atoms with van der Waals surface area (Å²) in [7, 11) is 0. The molecule has 0 bridgehead atoms. The van der Waals surface area contributed by atoms with Crippen molar-refractivity contribution in [2.75, 3.05) is 0 Å². The average Bonchev–Trinajstić information content (AvgIpc) is 3.25. The Balaban J connectivity index is 0.000000512. The topological polar surface area (TPSA) is 43.1 Å². The van der Waals surface area contributed by atoms with Crippen LogP contribution in [0.25, 0.3) is 5.65 Å². The monoisotopic (exact) mass is 478 g/mol. The molecule has 1 atom stereocenters. The van der Waals surface area contributed by atoms with E-state index in [2.05, 4.69) is 70.3 Å². The average molecular weight is 479 g/mol. The SMILES string of the molecule is C=C(CCCC(CCC)c1cc(C)n2ncc(C)c2n1)CCC(C)C.CC.CCc1cccnc1. The summed E-state index contributed by atoms with van der Waals surface area (Å²) in [5.74, 6) is 1.31. The molecule has 0 N–H and O–H groups in total. The number of pyridine rings is 1. The second-order valence-corrected chi connectivity index (χ2v) is 9.66. The number of allylic oxidation sites excluding steroid dienone is 1. The second-order valence-electron chi connectivity index (χ2n) is 9.66. The number of hydrogen-bond donors (Lipinski definition) is 0. The lowest BCUT2D eigenvalue weighted by Gasteiger charge is -2.17. The van der Waals surface area contributed by atoms with Crippen LogP contribution in [0, 0.1) is 19.8 Å². The fourth-order valence-electron chi connectivity index (χ4n) is 4.07. The highest BCUT2D eigenvalue weighted by Gasteiger charge is 2.15. The van der Waals surface area contributed by atoms with Gasteiger partial charge < -0.3 is 0 Å². The Morgan fingerprint density at radius 1 is 1.03 bits per heavy atom. The first-order chi connectivity index (χ1) is 16.8. The van der Waals surface area contributed by atoms with Gasteiger partial charge in [0.25, 0.3) is 0 Å². The maximum Gasteiger partial charge on any atom is 0.158 e. The molecule has 0 aliphatic carbocycles. The fraction of sp³-hybridized carbons (Fsp3) is 0.581. The summed E-state index contributed by atoms with van der Waals surface area (Å²) in [5, 5.41) is 4.43. The van der Waals surface area contributed by atoms with Crippen molar-refractivity contribution in [2.24, 2.45) is 5.92 Å². The van der Waals surface area contributed by atoms with E-state index in [0.717, 1.165) is 30.0 Å². The third-order valence-corrected chi connectivity index (χ3v) is 6.19. The molecule has 3 rings (SSSR count). The Hall–Kier alpha value is -2.49. The molecule has 0 radical (unpaired) electrons. The van der Waals surface area contributed by atoms with Crippen LogP contribution in [-0.4, -0.2) is 19.6 Å². The van der Waals surface area contributed by atoms with E-state index in [4.69, 9.17) is 4.98 Å². The van der Waals surface area contributed by atoms with Gasteiger partial charge in [-0.15, -0.1) is 0 Å². The van der Waals surface area contributed by atoms with Crippen LogP contribution in [-0.2, 0) is 6.42 Å². The number of rotatable bonds is 11. The Morgan fingerprint density at radius 2 is 1.77 bits per heavy atom. The fourth-order valence-corrected chi connectivity index (χ4v) is 4.07. The number of fused-ring (bicyclic) bond motifs is 1. The van der Waals surface area contributed by atoms with E-state index in [0.29, 0.717) is 5.92 Å². The van der Waals surface area contributed by atoms with E-state index in [9.17, 15) is 0 Å². The minimum absolute atomic E-state index is 0.542. The molecule has 0 saturated heterocycles. The summed E-state index contributed by atoms with van der Waals surface area (Å²) in [6, 6.07) is 6.26. The summed E-state index contributed by atoms with van der Waals surface area (Å²) < 4.78 is 1.95. The van der Waals surface area contributed by atoms with E-state index in [1.165, 1.54) is 61.0 Å². The third-order valence-electron chi connectivity index (χ3n) is 6.19. The van der Waals surface area contributed by atoms with Crippen molar-refractivity contribution >= 4 is 5.65 Å². The van der Waals surface area contributed by atoms with Crippen molar-refractivity contribution in [3.63, 3.8) is 0 Å². The summed E-state index contributed by atoms with van der Waals surface area (Å²) in [6.45, 7) is 21.5. The van der Waals surface area contributed by atoms with E-state index in [-0.39, 0.29) is 0 Å². The van der Waals surface area contributed by atoms with Gasteiger partial charge in [0.2, 0.25) is 0 Å². The molecular weight excluding hydrogens is 428 g/mol. The standard InChI is InChI=1S/C22H35N3.C7H9N.C2H6/c1-7-9-20(11-8-10-17(4)13-12-16(2)3)21-14-19(6)25-22(24-21)18(5)15-23-25;1-2-7-4-3-5-8-6-7;1-2/h14-16,20H,4,7-13H2,1-3,5-6H3;3-6H,2H2,1H3;1-2H3. The molecular formula is C31H50N4. The van der Waals surface area contributed by atoms with Crippen LogP contribution in [0.3, 0.4) is 0 Å². The van der Waals surface area contributed by atoms with E-state index < -0.39 is 0 Å². The summed E-state index contributed by atoms with van der Waals surface area (Å²) in [6.07, 6.45) is 15.1. The normalized spacial score (nSPS) is 11.5. The molecule has 3 aromatic heterocycles. The molecule has 0 fully saturated rings. The number of nitrogens with zero attached hydrogens (tertiary/aromatic N) is 4. The van der Waals surface area contributed by atoms with Crippen LogP contribution in [0.1, 0.15) is 115 Å². The lowest BCUT2D eigenvalue weighted by molar-refractivity contribution is 0.523. The minimum atomic E-state index is 0.542. The highest BCUT2D eigenvalue weighted by molar-refractivity contribution is 5.47. The predicted octanol–water partition coefficient (Wildman–Crippen LogP) is 9.06. The van der Waals surface area contributed by atoms with E-state index >= 15 is 0 Å². The van der Waals surface area contributed by atoms with Crippen LogP contribution >= 0.6 is 0 Å². The minimum Gasteiger partial charge on any atom is -0.264 e. The maximum atomic E-state index is 4.95. The van der Waals surface area contributed by atoms with E-state index in [1.807, 2.05) is 36.8 Å². The van der Waals surface area contributed by atoms with Crippen molar-refractivity contribution in [2.45, 2.75) is 113 Å². The Labute approximate surface area is 215 Å². The molecule has 1 unspecified atom stereocenters. The van der Waals surface area contributed by atoms with Crippen LogP contribution in [0.5, 0.6) is 0 Å². The molecule has 4 nitrogen and oxygen atoms in total. The van der Waals surface area contributed by atoms with Crippen molar-refractivity contribution in [3.8, 4) is 0 Å². The third kappa shape index (κ3) is 10.8. The molecule has 3 heterocycles. The molecule has 0 amide bonds. The van der Waals surface area contributed by atoms with Crippen molar-refractivity contribution in [3.05, 3.63) is 71.5 Å². The highest BCUT2D eigenvalue weighted by atomic mass is 15.2. The van der Waals surface area contributed by atoms with Gasteiger partial charge in [0, 0.05) is 35.3 Å². The molecule has 4 heteroatoms. The number of aryl methyl sites for hydroxylation is 3. The molecule has 0 spiro atoms. The van der Waals surface area contributed by atoms with Gasteiger partial charge in [-0.25, -0.2) is 9.50 Å². The summed E-state index contributed by atoms with van der Waals surface area (Å²) in [5.41, 5.74) is 7.29. The Morgan fingerprint density at radius 3 is 2.34 bits per heavy atom. The van der Waals surface area contributed by atoms with Gasteiger partial charge in [0.05, 0.1) is 6.20 Å². The van der Waals surface area contributed by atoms with Crippen LogP contribution in [0.15, 0.2) is 48.9 Å². The first-order valence-electron chi connectivity index (χ1n) is 13.7. The van der Waals surface area contributed by atoms with Crippen LogP contribution in [0.4, 0.5) is 0 Å². The van der Waals surface area contributed by atoms with E-state index in [1.54, 1.807) is 6.20 Å². The highest BCUT2D eigenvalue weighted by Crippen LogP contribution is 2.28. The van der Waals surface area contributed by atoms with Gasteiger partial charge in [-0.3, -0.25) is 4.98 Å². The lowest BCUT2D eigenvalue weighted by atomic mass is 9.91. The molecule has 194 valence electrons. The molecule has 0 aliphatic rings. The zero-order valence-corrected chi connectivity index (χ0v) is 23.8. The zero-order chi connectivity index (χ0) is 26.2. The molecule has 0 saturated carbocycles. The van der Waals surface area contributed by atoms with Crippen molar-refractivity contribution in [1.29, 1.82) is 0 Å².